The van der Waals surface area contributed by atoms with Gasteiger partial charge in [0.1, 0.15) is 0 Å². The number of imidazole rings is 1. The van der Waals surface area contributed by atoms with Crippen LogP contribution in [-0.2, 0) is 16.0 Å². The van der Waals surface area contributed by atoms with Crippen molar-refractivity contribution in [2.75, 3.05) is 26.8 Å². The van der Waals surface area contributed by atoms with Crippen molar-refractivity contribution < 1.29 is 9.47 Å². The number of hydrogen-bond donors (Lipinski definition) is 0. The Bertz CT molecular complexity index is 672. The minimum Gasteiger partial charge on any atom is -0.378 e. The number of thiazole rings is 1. The summed E-state index contributed by atoms with van der Waals surface area (Å²) in [4.78, 5) is 8.29. The molecule has 23 heavy (non-hydrogen) atoms. The van der Waals surface area contributed by atoms with Crippen LogP contribution in [0.15, 0.2) is 11.6 Å². The molecule has 2 saturated heterocycles. The van der Waals surface area contributed by atoms with E-state index in [4.69, 9.17) is 9.47 Å². The van der Waals surface area contributed by atoms with E-state index >= 15 is 0 Å². The van der Waals surface area contributed by atoms with Gasteiger partial charge in [-0.25, -0.2) is 4.98 Å². The smallest absolute Gasteiger partial charge is 0.194 e. The molecule has 1 atom stereocenters. The minimum atomic E-state index is -0.0480. The van der Waals surface area contributed by atoms with E-state index < -0.39 is 0 Å². The van der Waals surface area contributed by atoms with E-state index in [1.54, 1.807) is 11.3 Å². The number of aryl methyl sites for hydroxylation is 1. The van der Waals surface area contributed by atoms with Gasteiger partial charge in [-0.15, -0.1) is 11.3 Å². The van der Waals surface area contributed by atoms with Gasteiger partial charge in [0.05, 0.1) is 23.1 Å². The van der Waals surface area contributed by atoms with Gasteiger partial charge in [0, 0.05) is 44.9 Å². The van der Waals surface area contributed by atoms with Crippen LogP contribution in [-0.4, -0.2) is 52.8 Å². The van der Waals surface area contributed by atoms with Gasteiger partial charge in [0.15, 0.2) is 4.96 Å². The molecule has 0 radical (unpaired) electrons. The van der Waals surface area contributed by atoms with E-state index in [0.29, 0.717) is 0 Å². The average Bonchev–Trinajstić information content (AvgIpc) is 3.13. The topological polar surface area (TPSA) is 39.0 Å². The number of hydrogen-bond acceptors (Lipinski definition) is 5. The van der Waals surface area contributed by atoms with Crippen LogP contribution >= 0.6 is 11.3 Å². The molecule has 0 N–H and O–H groups in total. The monoisotopic (exact) mass is 335 g/mol. The first kappa shape index (κ1) is 15.6. The molecule has 2 aliphatic heterocycles. The third-order valence-electron chi connectivity index (χ3n) is 5.51. The van der Waals surface area contributed by atoms with E-state index in [0.717, 1.165) is 62.6 Å². The maximum atomic E-state index is 6.21. The molecule has 5 nitrogen and oxygen atoms in total. The summed E-state index contributed by atoms with van der Waals surface area (Å²) in [5.74, 6) is 0. The van der Waals surface area contributed by atoms with Gasteiger partial charge in [-0.1, -0.05) is 0 Å². The Kier molecular flexibility index (Phi) is 4.17. The lowest BCUT2D eigenvalue weighted by Crippen LogP contribution is -2.55. The average molecular weight is 335 g/mol. The first-order valence-electron chi connectivity index (χ1n) is 8.52. The molecule has 0 amide bonds. The molecule has 0 aliphatic carbocycles. The van der Waals surface area contributed by atoms with Crippen LogP contribution in [0.2, 0.25) is 0 Å². The number of rotatable bonds is 3. The van der Waals surface area contributed by atoms with Crippen LogP contribution in [0.5, 0.6) is 0 Å². The molecule has 2 aromatic rings. The Morgan fingerprint density at radius 1 is 1.43 bits per heavy atom. The maximum Gasteiger partial charge on any atom is 0.194 e. The zero-order valence-electron chi connectivity index (χ0n) is 14.0. The second-order valence-corrected chi connectivity index (χ2v) is 7.63. The number of aromatic nitrogens is 2. The number of piperidine rings is 1. The Morgan fingerprint density at radius 2 is 2.26 bits per heavy atom. The Hall–Kier alpha value is -0.950. The molecule has 6 heteroatoms. The molecule has 4 heterocycles. The lowest BCUT2D eigenvalue weighted by atomic mass is 9.82. The van der Waals surface area contributed by atoms with Crippen molar-refractivity contribution in [3.8, 4) is 0 Å². The van der Waals surface area contributed by atoms with Crippen LogP contribution in [0.1, 0.15) is 37.1 Å². The number of fused-ring (bicyclic) bond motifs is 1. The Balaban J connectivity index is 1.45. The fourth-order valence-corrected chi connectivity index (χ4v) is 4.91. The first-order chi connectivity index (χ1) is 11.2. The highest BCUT2D eigenvalue weighted by Gasteiger charge is 2.44. The van der Waals surface area contributed by atoms with Crippen molar-refractivity contribution >= 4 is 16.3 Å². The second-order valence-electron chi connectivity index (χ2n) is 6.76. The highest BCUT2D eigenvalue weighted by Crippen LogP contribution is 2.37. The molecule has 2 fully saturated rings. The van der Waals surface area contributed by atoms with Gasteiger partial charge in [-0.3, -0.25) is 9.30 Å². The predicted molar refractivity (Wildman–Crippen MR) is 91.0 cm³/mol. The Labute approximate surface area is 141 Å². The molecule has 1 spiro atoms. The summed E-state index contributed by atoms with van der Waals surface area (Å²) in [6.07, 6.45) is 6.78. The summed E-state index contributed by atoms with van der Waals surface area (Å²) in [7, 11) is 1.83. The summed E-state index contributed by atoms with van der Waals surface area (Å²) in [6.45, 7) is 6.10. The summed E-state index contributed by atoms with van der Waals surface area (Å²) in [6, 6.07) is 0. The van der Waals surface area contributed by atoms with Crippen molar-refractivity contribution in [2.45, 2.75) is 50.9 Å². The standard InChI is InChI=1S/C17H25N3O2S/c1-13-14(20-9-11-23-16(20)18-13)12-19-7-5-17(6-8-19)15(21-2)4-3-10-22-17/h9,11,15H,3-8,10,12H2,1-2H3. The van der Waals surface area contributed by atoms with Gasteiger partial charge in [0.25, 0.3) is 0 Å². The van der Waals surface area contributed by atoms with E-state index in [1.807, 2.05) is 7.11 Å². The molecule has 126 valence electrons. The molecule has 2 aromatic heterocycles. The zero-order chi connectivity index (χ0) is 15.9. The lowest BCUT2D eigenvalue weighted by molar-refractivity contribution is -0.186. The fourth-order valence-electron chi connectivity index (χ4n) is 4.13. The fraction of sp³-hybridized carbons (Fsp3) is 0.706. The predicted octanol–water partition coefficient (Wildman–Crippen LogP) is 2.86. The summed E-state index contributed by atoms with van der Waals surface area (Å²) in [5.41, 5.74) is 2.43. The third-order valence-corrected chi connectivity index (χ3v) is 6.27. The van der Waals surface area contributed by atoms with Crippen molar-refractivity contribution in [2.24, 2.45) is 0 Å². The first-order valence-corrected chi connectivity index (χ1v) is 9.40. The molecule has 0 bridgehead atoms. The van der Waals surface area contributed by atoms with E-state index in [2.05, 4.69) is 32.8 Å². The van der Waals surface area contributed by atoms with Gasteiger partial charge >= 0.3 is 0 Å². The number of nitrogens with zero attached hydrogens (tertiary/aromatic N) is 3. The molecular weight excluding hydrogens is 310 g/mol. The second kappa shape index (κ2) is 6.16. The van der Waals surface area contributed by atoms with Crippen LogP contribution in [0.25, 0.3) is 4.96 Å². The number of methoxy groups -OCH3 is 1. The molecular formula is C17H25N3O2S. The number of ether oxygens (including phenoxy) is 2. The largest absolute Gasteiger partial charge is 0.378 e. The van der Waals surface area contributed by atoms with Gasteiger partial charge in [-0.05, 0) is 32.6 Å². The summed E-state index contributed by atoms with van der Waals surface area (Å²) >= 11 is 1.70. The van der Waals surface area contributed by atoms with Crippen molar-refractivity contribution in [3.05, 3.63) is 23.0 Å². The van der Waals surface area contributed by atoms with Gasteiger partial charge in [-0.2, -0.15) is 0 Å². The van der Waals surface area contributed by atoms with Crippen molar-refractivity contribution in [3.63, 3.8) is 0 Å². The highest BCUT2D eigenvalue weighted by atomic mass is 32.1. The van der Waals surface area contributed by atoms with E-state index in [1.165, 1.54) is 5.69 Å². The normalized spacial score (nSPS) is 25.4. The Morgan fingerprint density at radius 3 is 3.04 bits per heavy atom. The third kappa shape index (κ3) is 2.71. The van der Waals surface area contributed by atoms with Crippen LogP contribution in [0.3, 0.4) is 0 Å². The van der Waals surface area contributed by atoms with Crippen LogP contribution in [0, 0.1) is 6.92 Å². The van der Waals surface area contributed by atoms with E-state index in [-0.39, 0.29) is 11.7 Å². The minimum absolute atomic E-state index is 0.0480. The van der Waals surface area contributed by atoms with Crippen LogP contribution < -0.4 is 0 Å². The SMILES string of the molecule is COC1CCCOC12CCN(Cc1c(C)nc3sccn13)CC2. The lowest BCUT2D eigenvalue weighted by Gasteiger charge is -2.48. The quantitative estimate of drug-likeness (QED) is 0.865. The van der Waals surface area contributed by atoms with E-state index in [9.17, 15) is 0 Å². The molecule has 0 aromatic carbocycles. The molecule has 0 saturated carbocycles. The van der Waals surface area contributed by atoms with Gasteiger partial charge < -0.3 is 9.47 Å². The summed E-state index contributed by atoms with van der Waals surface area (Å²) in [5, 5.41) is 2.11. The van der Waals surface area contributed by atoms with Gasteiger partial charge in [0.2, 0.25) is 0 Å². The number of likely N-dealkylation sites (tertiary alicyclic amines) is 1. The van der Waals surface area contributed by atoms with Crippen molar-refractivity contribution in [1.29, 1.82) is 0 Å². The van der Waals surface area contributed by atoms with Crippen molar-refractivity contribution in [1.82, 2.24) is 14.3 Å². The zero-order valence-corrected chi connectivity index (χ0v) is 14.8. The molecule has 4 rings (SSSR count). The highest BCUT2D eigenvalue weighted by molar-refractivity contribution is 7.15. The maximum absolute atomic E-state index is 6.21. The molecule has 2 aliphatic rings. The summed E-state index contributed by atoms with van der Waals surface area (Å²) < 4.78 is 14.2. The van der Waals surface area contributed by atoms with Crippen LogP contribution in [0.4, 0.5) is 0 Å². The molecule has 1 unspecified atom stereocenters.